The molecule has 5 nitrogen and oxygen atoms in total. The lowest BCUT2D eigenvalue weighted by molar-refractivity contribution is 0.0469. The molecule has 1 rings (SSSR count). The van der Waals surface area contributed by atoms with Crippen LogP contribution in [0.1, 0.15) is 37.0 Å². The lowest BCUT2D eigenvalue weighted by atomic mass is 10.0. The summed E-state index contributed by atoms with van der Waals surface area (Å²) in [5.74, 6) is -0.392. The molecule has 0 aromatic carbocycles. The van der Waals surface area contributed by atoms with Gasteiger partial charge in [0.1, 0.15) is 5.15 Å². The van der Waals surface area contributed by atoms with E-state index in [0.29, 0.717) is 12.1 Å². The molecule has 18 heavy (non-hydrogen) atoms. The van der Waals surface area contributed by atoms with Gasteiger partial charge in [-0.25, -0.2) is 4.98 Å². The quantitative estimate of drug-likeness (QED) is 0.710. The van der Waals surface area contributed by atoms with E-state index in [1.54, 1.807) is 6.92 Å². The van der Waals surface area contributed by atoms with Crippen molar-refractivity contribution in [3.63, 3.8) is 0 Å². The first-order valence-electron chi connectivity index (χ1n) is 5.77. The molecule has 1 amide bonds. The maximum atomic E-state index is 11.9. The van der Waals surface area contributed by atoms with Crippen molar-refractivity contribution in [2.75, 3.05) is 12.3 Å². The molecular weight excluding hydrogens is 254 g/mol. The molecule has 1 unspecified atom stereocenters. The first-order chi connectivity index (χ1) is 8.35. The number of carbonyl (C=O) groups is 1. The Morgan fingerprint density at radius 3 is 2.94 bits per heavy atom. The van der Waals surface area contributed by atoms with E-state index in [2.05, 4.69) is 10.3 Å². The van der Waals surface area contributed by atoms with Crippen LogP contribution in [0.25, 0.3) is 0 Å². The second kappa shape index (κ2) is 6.02. The van der Waals surface area contributed by atoms with Crippen molar-refractivity contribution >= 4 is 23.2 Å². The zero-order valence-electron chi connectivity index (χ0n) is 10.5. The number of hydrogen-bond donors (Lipinski definition) is 3. The number of carbonyl (C=O) groups excluding carboxylic acids is 1. The average molecular weight is 272 g/mol. The summed E-state index contributed by atoms with van der Waals surface area (Å²) < 4.78 is 0. The highest BCUT2D eigenvalue weighted by molar-refractivity contribution is 6.32. The van der Waals surface area contributed by atoms with Crippen molar-refractivity contribution < 1.29 is 9.90 Å². The Labute approximate surface area is 111 Å². The van der Waals surface area contributed by atoms with Crippen molar-refractivity contribution in [3.05, 3.63) is 23.0 Å². The van der Waals surface area contributed by atoms with Gasteiger partial charge in [0.15, 0.2) is 0 Å². The topological polar surface area (TPSA) is 88.2 Å². The molecule has 1 aromatic heterocycles. The van der Waals surface area contributed by atoms with Crippen LogP contribution in [-0.4, -0.2) is 28.1 Å². The van der Waals surface area contributed by atoms with Gasteiger partial charge < -0.3 is 16.2 Å². The van der Waals surface area contributed by atoms with E-state index in [1.165, 1.54) is 12.3 Å². The largest absolute Gasteiger partial charge is 0.397 e. The third kappa shape index (κ3) is 4.16. The number of hydrogen-bond acceptors (Lipinski definition) is 4. The predicted octanol–water partition coefficient (Wildman–Crippen LogP) is 1.60. The van der Waals surface area contributed by atoms with E-state index >= 15 is 0 Å². The number of amides is 1. The molecule has 0 radical (unpaired) electrons. The summed E-state index contributed by atoms with van der Waals surface area (Å²) in [6.45, 7) is 3.80. The fourth-order valence-electron chi connectivity index (χ4n) is 1.62. The number of aliphatic hydroxyl groups is 1. The molecule has 1 heterocycles. The molecule has 0 saturated heterocycles. The normalized spacial score (nSPS) is 14.0. The molecule has 0 aliphatic heterocycles. The number of pyridine rings is 1. The van der Waals surface area contributed by atoms with Crippen LogP contribution in [0.2, 0.25) is 5.15 Å². The molecule has 1 aromatic rings. The Bertz CT molecular complexity index is 435. The molecule has 0 spiro atoms. The molecule has 0 saturated carbocycles. The number of halogens is 1. The molecule has 0 aliphatic rings. The zero-order valence-corrected chi connectivity index (χ0v) is 11.3. The van der Waals surface area contributed by atoms with Crippen molar-refractivity contribution in [2.45, 2.75) is 32.3 Å². The summed E-state index contributed by atoms with van der Waals surface area (Å²) in [6, 6.07) is 1.46. The van der Waals surface area contributed by atoms with Crippen LogP contribution in [0.15, 0.2) is 12.3 Å². The maximum absolute atomic E-state index is 11.9. The van der Waals surface area contributed by atoms with Gasteiger partial charge in [-0.05, 0) is 19.4 Å². The van der Waals surface area contributed by atoms with Crippen molar-refractivity contribution in [1.82, 2.24) is 10.3 Å². The molecule has 0 bridgehead atoms. The van der Waals surface area contributed by atoms with E-state index in [4.69, 9.17) is 17.3 Å². The first kappa shape index (κ1) is 14.7. The Morgan fingerprint density at radius 2 is 2.33 bits per heavy atom. The second-order valence-electron chi connectivity index (χ2n) is 4.54. The van der Waals surface area contributed by atoms with Crippen LogP contribution < -0.4 is 11.1 Å². The molecule has 0 fully saturated rings. The number of nitrogens with one attached hydrogen (secondary N) is 1. The van der Waals surface area contributed by atoms with E-state index in [1.807, 2.05) is 6.92 Å². The van der Waals surface area contributed by atoms with E-state index in [9.17, 15) is 9.90 Å². The number of rotatable bonds is 5. The fourth-order valence-corrected chi connectivity index (χ4v) is 1.81. The van der Waals surface area contributed by atoms with Gasteiger partial charge in [0.25, 0.3) is 5.91 Å². The SMILES string of the molecule is CCCC(C)(O)CNC(=O)c1cc(N)cnc1Cl. The van der Waals surface area contributed by atoms with Gasteiger partial charge in [-0.2, -0.15) is 0 Å². The summed E-state index contributed by atoms with van der Waals surface area (Å²) in [5, 5.41) is 12.7. The van der Waals surface area contributed by atoms with Gasteiger partial charge in [-0.3, -0.25) is 4.79 Å². The Morgan fingerprint density at radius 1 is 1.67 bits per heavy atom. The van der Waals surface area contributed by atoms with Gasteiger partial charge >= 0.3 is 0 Å². The predicted molar refractivity (Wildman–Crippen MR) is 71.5 cm³/mol. The van der Waals surface area contributed by atoms with Crippen LogP contribution in [0.3, 0.4) is 0 Å². The van der Waals surface area contributed by atoms with Gasteiger partial charge in [0.2, 0.25) is 0 Å². The highest BCUT2D eigenvalue weighted by atomic mass is 35.5. The molecule has 6 heteroatoms. The van der Waals surface area contributed by atoms with Crippen LogP contribution in [0.5, 0.6) is 0 Å². The molecular formula is C12H18ClN3O2. The van der Waals surface area contributed by atoms with Gasteiger partial charge in [0, 0.05) is 6.54 Å². The lowest BCUT2D eigenvalue weighted by Crippen LogP contribution is -2.40. The minimum Gasteiger partial charge on any atom is -0.397 e. The Kier molecular flexibility index (Phi) is 4.93. The average Bonchev–Trinajstić information content (AvgIpc) is 2.29. The summed E-state index contributed by atoms with van der Waals surface area (Å²) in [4.78, 5) is 15.7. The zero-order chi connectivity index (χ0) is 13.8. The Hall–Kier alpha value is -1.33. The summed E-state index contributed by atoms with van der Waals surface area (Å²) >= 11 is 5.81. The summed E-state index contributed by atoms with van der Waals surface area (Å²) in [6.07, 6.45) is 2.83. The maximum Gasteiger partial charge on any atom is 0.254 e. The molecule has 0 aliphatic carbocycles. The van der Waals surface area contributed by atoms with Gasteiger partial charge in [-0.1, -0.05) is 24.9 Å². The molecule has 4 N–H and O–H groups in total. The molecule has 100 valence electrons. The van der Waals surface area contributed by atoms with Crippen molar-refractivity contribution in [2.24, 2.45) is 0 Å². The highest BCUT2D eigenvalue weighted by Crippen LogP contribution is 2.16. The second-order valence-corrected chi connectivity index (χ2v) is 4.89. The molecule has 1 atom stereocenters. The number of anilines is 1. The van der Waals surface area contributed by atoms with Crippen molar-refractivity contribution in [1.29, 1.82) is 0 Å². The van der Waals surface area contributed by atoms with Crippen LogP contribution in [0, 0.1) is 0 Å². The first-order valence-corrected chi connectivity index (χ1v) is 6.15. The van der Waals surface area contributed by atoms with Crippen LogP contribution in [-0.2, 0) is 0 Å². The highest BCUT2D eigenvalue weighted by Gasteiger charge is 2.21. The lowest BCUT2D eigenvalue weighted by Gasteiger charge is -2.23. The third-order valence-electron chi connectivity index (χ3n) is 2.52. The van der Waals surface area contributed by atoms with Crippen LogP contribution in [0.4, 0.5) is 5.69 Å². The van der Waals surface area contributed by atoms with Crippen LogP contribution >= 0.6 is 11.6 Å². The Balaban J connectivity index is 2.69. The third-order valence-corrected chi connectivity index (χ3v) is 2.82. The van der Waals surface area contributed by atoms with E-state index < -0.39 is 11.5 Å². The monoisotopic (exact) mass is 271 g/mol. The van der Waals surface area contributed by atoms with Gasteiger partial charge in [-0.15, -0.1) is 0 Å². The van der Waals surface area contributed by atoms with E-state index in [-0.39, 0.29) is 17.3 Å². The summed E-state index contributed by atoms with van der Waals surface area (Å²) in [7, 11) is 0. The smallest absolute Gasteiger partial charge is 0.254 e. The van der Waals surface area contributed by atoms with Gasteiger partial charge in [0.05, 0.1) is 23.0 Å². The number of nitrogens with zero attached hydrogens (tertiary/aromatic N) is 1. The van der Waals surface area contributed by atoms with Crippen molar-refractivity contribution in [3.8, 4) is 0 Å². The van der Waals surface area contributed by atoms with E-state index in [0.717, 1.165) is 6.42 Å². The minimum absolute atomic E-state index is 0.0943. The fraction of sp³-hybridized carbons (Fsp3) is 0.500. The number of aromatic nitrogens is 1. The number of nitrogens with two attached hydrogens (primary N) is 1. The minimum atomic E-state index is -0.926. The number of nitrogen functional groups attached to an aromatic ring is 1. The standard InChI is InChI=1S/C12H18ClN3O2/c1-3-4-12(2,18)7-16-11(17)9-5-8(14)6-15-10(9)13/h5-6,18H,3-4,7,14H2,1-2H3,(H,16,17). The summed E-state index contributed by atoms with van der Waals surface area (Å²) in [5.41, 5.74) is 5.20.